The number of hydrogen-bond donors (Lipinski definition) is 2. The van der Waals surface area contributed by atoms with Crippen molar-refractivity contribution in [1.29, 1.82) is 0 Å². The summed E-state index contributed by atoms with van der Waals surface area (Å²) in [6.45, 7) is 3.67. The molecule has 1 aliphatic heterocycles. The van der Waals surface area contributed by atoms with Gasteiger partial charge in [0.05, 0.1) is 17.7 Å². The summed E-state index contributed by atoms with van der Waals surface area (Å²) >= 11 is 6.05. The molecule has 1 saturated carbocycles. The molecule has 3 aromatic carbocycles. The molecule has 8 nitrogen and oxygen atoms in total. The van der Waals surface area contributed by atoms with Gasteiger partial charge in [0.1, 0.15) is 0 Å². The Morgan fingerprint density at radius 2 is 1.64 bits per heavy atom. The maximum Gasteiger partial charge on any atom is 0.262 e. The van der Waals surface area contributed by atoms with E-state index in [9.17, 15) is 13.2 Å². The van der Waals surface area contributed by atoms with E-state index in [0.29, 0.717) is 27.8 Å². The van der Waals surface area contributed by atoms with Crippen LogP contribution in [0.1, 0.15) is 55.3 Å². The van der Waals surface area contributed by atoms with Gasteiger partial charge >= 0.3 is 0 Å². The van der Waals surface area contributed by atoms with Gasteiger partial charge in [-0.25, -0.2) is 8.42 Å². The number of hydrogen-bond acceptors (Lipinski definition) is 6. The molecule has 0 aromatic heterocycles. The standard InChI is InChI=1S/C32H38ClN3O5S/c1-40-31-22-25(33)12-17-30(31)41-29-7-3-2-6-28(29)35-42(38,39)27-15-10-24(11-16-27)32(37)34-26-13-8-23(9-14-26)18-21-36-19-4-5-20-36/h2-3,6-7,10-12,15-17,22-23,26,35H,4-5,8-9,13-14,18-21H2,1H3,(H,34,37)/t23-,26-. The largest absolute Gasteiger partial charge is 0.493 e. The van der Waals surface area contributed by atoms with Crippen LogP contribution < -0.4 is 19.5 Å². The number of methoxy groups -OCH3 is 1. The van der Waals surface area contributed by atoms with E-state index in [1.165, 1.54) is 58.1 Å². The first-order valence-corrected chi connectivity index (χ1v) is 16.4. The maximum absolute atomic E-state index is 13.2. The van der Waals surface area contributed by atoms with Gasteiger partial charge in [-0.2, -0.15) is 0 Å². The van der Waals surface area contributed by atoms with Crippen molar-refractivity contribution in [2.45, 2.75) is 55.9 Å². The fraction of sp³-hybridized carbons (Fsp3) is 0.406. The molecular formula is C32H38ClN3O5S. The number of carbonyl (C=O) groups is 1. The molecule has 0 radical (unpaired) electrons. The lowest BCUT2D eigenvalue weighted by molar-refractivity contribution is 0.0920. The van der Waals surface area contributed by atoms with E-state index < -0.39 is 10.0 Å². The van der Waals surface area contributed by atoms with Crippen molar-refractivity contribution < 1.29 is 22.7 Å². The Hall–Kier alpha value is -3.27. The Morgan fingerprint density at radius 3 is 2.36 bits per heavy atom. The van der Waals surface area contributed by atoms with Crippen LogP contribution in [0, 0.1) is 5.92 Å². The highest BCUT2D eigenvalue weighted by atomic mass is 35.5. The summed E-state index contributed by atoms with van der Waals surface area (Å²) < 4.78 is 40.4. The van der Waals surface area contributed by atoms with E-state index in [-0.39, 0.29) is 22.5 Å². The van der Waals surface area contributed by atoms with E-state index >= 15 is 0 Å². The Kier molecular flexibility index (Phi) is 9.92. The van der Waals surface area contributed by atoms with Crippen molar-refractivity contribution in [2.75, 3.05) is 31.5 Å². The fourth-order valence-electron chi connectivity index (χ4n) is 5.71. The van der Waals surface area contributed by atoms with Crippen LogP contribution in [0.2, 0.25) is 5.02 Å². The number of anilines is 1. The lowest BCUT2D eigenvalue weighted by atomic mass is 9.84. The smallest absolute Gasteiger partial charge is 0.262 e. The predicted molar refractivity (Wildman–Crippen MR) is 165 cm³/mol. The first-order valence-electron chi connectivity index (χ1n) is 14.6. The number of benzene rings is 3. The second kappa shape index (κ2) is 13.8. The number of ether oxygens (including phenoxy) is 2. The Bertz CT molecular complexity index is 1470. The number of rotatable bonds is 11. The molecule has 10 heteroatoms. The van der Waals surface area contributed by atoms with E-state index in [2.05, 4.69) is 14.9 Å². The number of amides is 1. The van der Waals surface area contributed by atoms with Crippen LogP contribution in [0.25, 0.3) is 0 Å². The van der Waals surface area contributed by atoms with Gasteiger partial charge in [-0.3, -0.25) is 9.52 Å². The van der Waals surface area contributed by atoms with Crippen LogP contribution in [0.4, 0.5) is 5.69 Å². The van der Waals surface area contributed by atoms with Gasteiger partial charge in [0.2, 0.25) is 0 Å². The van der Waals surface area contributed by atoms with Gasteiger partial charge in [0, 0.05) is 22.7 Å². The third-order valence-electron chi connectivity index (χ3n) is 8.14. The van der Waals surface area contributed by atoms with Crippen LogP contribution in [-0.2, 0) is 10.0 Å². The number of likely N-dealkylation sites (tertiary alicyclic amines) is 1. The van der Waals surface area contributed by atoms with Crippen molar-refractivity contribution in [3.05, 3.63) is 77.3 Å². The van der Waals surface area contributed by atoms with Crippen LogP contribution in [0.3, 0.4) is 0 Å². The van der Waals surface area contributed by atoms with Gasteiger partial charge in [0.25, 0.3) is 15.9 Å². The van der Waals surface area contributed by atoms with Crippen LogP contribution in [0.15, 0.2) is 71.6 Å². The summed E-state index contributed by atoms with van der Waals surface area (Å²) in [7, 11) is -2.46. The van der Waals surface area contributed by atoms with E-state index in [1.807, 2.05) is 0 Å². The number of para-hydroxylation sites is 2. The Labute approximate surface area is 253 Å². The number of nitrogens with one attached hydrogen (secondary N) is 2. The highest BCUT2D eigenvalue weighted by molar-refractivity contribution is 7.92. The second-order valence-electron chi connectivity index (χ2n) is 11.1. The average Bonchev–Trinajstić information content (AvgIpc) is 3.52. The summed E-state index contributed by atoms with van der Waals surface area (Å²) in [4.78, 5) is 15.5. The van der Waals surface area contributed by atoms with Crippen molar-refractivity contribution in [1.82, 2.24) is 10.2 Å². The third-order valence-corrected chi connectivity index (χ3v) is 9.75. The van der Waals surface area contributed by atoms with E-state index in [0.717, 1.165) is 31.6 Å². The quantitative estimate of drug-likeness (QED) is 0.250. The molecule has 3 aromatic rings. The zero-order valence-corrected chi connectivity index (χ0v) is 25.4. The molecule has 1 saturated heterocycles. The zero-order valence-electron chi connectivity index (χ0n) is 23.9. The molecule has 224 valence electrons. The second-order valence-corrected chi connectivity index (χ2v) is 13.2. The normalized spacial score (nSPS) is 19.3. The highest BCUT2D eigenvalue weighted by Gasteiger charge is 2.24. The van der Waals surface area contributed by atoms with Crippen molar-refractivity contribution in [3.8, 4) is 17.2 Å². The highest BCUT2D eigenvalue weighted by Crippen LogP contribution is 2.37. The first kappa shape index (κ1) is 30.2. The predicted octanol–water partition coefficient (Wildman–Crippen LogP) is 6.72. The topological polar surface area (TPSA) is 97.0 Å². The van der Waals surface area contributed by atoms with Crippen LogP contribution in [0.5, 0.6) is 17.2 Å². The third kappa shape index (κ3) is 7.76. The van der Waals surface area contributed by atoms with Gasteiger partial charge in [-0.05, 0) is 119 Å². The van der Waals surface area contributed by atoms with E-state index in [4.69, 9.17) is 21.1 Å². The van der Waals surface area contributed by atoms with Crippen LogP contribution in [-0.4, -0.2) is 52.0 Å². The molecule has 5 rings (SSSR count). The lowest BCUT2D eigenvalue weighted by Crippen LogP contribution is -2.38. The molecule has 2 N–H and O–H groups in total. The van der Waals surface area contributed by atoms with Gasteiger partial charge in [-0.1, -0.05) is 23.7 Å². The van der Waals surface area contributed by atoms with E-state index in [1.54, 1.807) is 54.6 Å². The lowest BCUT2D eigenvalue weighted by Gasteiger charge is -2.30. The molecule has 0 unspecified atom stereocenters. The number of sulfonamides is 1. The molecule has 0 spiro atoms. The minimum absolute atomic E-state index is 0.0384. The van der Waals surface area contributed by atoms with Gasteiger partial charge in [-0.15, -0.1) is 0 Å². The van der Waals surface area contributed by atoms with Crippen molar-refractivity contribution >= 4 is 33.2 Å². The zero-order chi connectivity index (χ0) is 29.5. The minimum Gasteiger partial charge on any atom is -0.493 e. The molecule has 0 atom stereocenters. The molecule has 0 bridgehead atoms. The summed E-state index contributed by atoms with van der Waals surface area (Å²) in [5, 5.41) is 3.63. The summed E-state index contributed by atoms with van der Waals surface area (Å²) in [6, 6.07) is 17.8. The number of halogens is 1. The van der Waals surface area contributed by atoms with Crippen LogP contribution >= 0.6 is 11.6 Å². The maximum atomic E-state index is 13.2. The summed E-state index contributed by atoms with van der Waals surface area (Å²) in [5.74, 6) is 1.66. The average molecular weight is 612 g/mol. The first-order chi connectivity index (χ1) is 20.3. The molecule has 1 aliphatic carbocycles. The van der Waals surface area contributed by atoms with Crippen molar-refractivity contribution in [2.24, 2.45) is 5.92 Å². The Balaban J connectivity index is 1.16. The van der Waals surface area contributed by atoms with Gasteiger partial charge in [0.15, 0.2) is 17.2 Å². The molecule has 42 heavy (non-hydrogen) atoms. The fourth-order valence-corrected chi connectivity index (χ4v) is 6.94. The minimum atomic E-state index is -3.96. The molecular weight excluding hydrogens is 574 g/mol. The summed E-state index contributed by atoms with van der Waals surface area (Å²) in [5.41, 5.74) is 0.691. The van der Waals surface area contributed by atoms with Gasteiger partial charge < -0.3 is 19.7 Å². The molecule has 1 amide bonds. The molecule has 2 fully saturated rings. The monoisotopic (exact) mass is 611 g/mol. The summed E-state index contributed by atoms with van der Waals surface area (Å²) in [6.07, 6.45) is 8.14. The SMILES string of the molecule is COc1cc(Cl)ccc1Oc1ccccc1NS(=O)(=O)c1ccc(C(=O)N[C@H]2CC[C@H](CCN3CCCC3)CC2)cc1. The van der Waals surface area contributed by atoms with Crippen molar-refractivity contribution in [3.63, 3.8) is 0 Å². The number of nitrogens with zero attached hydrogens (tertiary/aromatic N) is 1. The Morgan fingerprint density at radius 1 is 0.929 bits per heavy atom. The number of carbonyl (C=O) groups excluding carboxylic acids is 1. The molecule has 1 heterocycles. The molecule has 2 aliphatic rings.